The van der Waals surface area contributed by atoms with E-state index in [4.69, 9.17) is 0 Å². The van der Waals surface area contributed by atoms with E-state index in [1.807, 2.05) is 0 Å². The van der Waals surface area contributed by atoms with Crippen LogP contribution in [0.3, 0.4) is 0 Å². The van der Waals surface area contributed by atoms with Gasteiger partial charge in [0.2, 0.25) is 0 Å². The Morgan fingerprint density at radius 1 is 1.25 bits per heavy atom. The zero-order valence-corrected chi connectivity index (χ0v) is 9.76. The molecule has 0 saturated heterocycles. The number of allylic oxidation sites excluding steroid dienone is 3. The molecule has 1 rings (SSSR count). The molecule has 0 N–H and O–H groups in total. The topological polar surface area (TPSA) is 3.24 Å². The van der Waals surface area contributed by atoms with E-state index >= 15 is 0 Å². The maximum Gasteiger partial charge on any atom is 0.0584 e. The molecule has 68 valence electrons. The molecule has 1 aliphatic rings. The Kier molecular flexibility index (Phi) is 2.47. The quantitative estimate of drug-likeness (QED) is 0.592. The largest absolute Gasteiger partial charge is 0.381 e. The number of nitrogens with zero attached hydrogens (tertiary/aromatic N) is 1. The molecule has 0 spiro atoms. The third kappa shape index (κ3) is 1.80. The molecule has 0 aromatic heterocycles. The summed E-state index contributed by atoms with van der Waals surface area (Å²) in [5.74, 6) is 0. The second-order valence-electron chi connectivity index (χ2n) is 4.71. The molecule has 0 fully saturated rings. The van der Waals surface area contributed by atoms with Gasteiger partial charge in [-0.25, -0.2) is 0 Å². The molecule has 0 aromatic rings. The van der Waals surface area contributed by atoms with Gasteiger partial charge in [-0.1, -0.05) is 31.8 Å². The van der Waals surface area contributed by atoms with Crippen LogP contribution in [-0.4, -0.2) is 27.1 Å². The Balaban J connectivity index is 2.81. The van der Waals surface area contributed by atoms with Crippen LogP contribution in [0.1, 0.15) is 0 Å². The predicted molar refractivity (Wildman–Crippen MR) is 58.0 cm³/mol. The van der Waals surface area contributed by atoms with Crippen LogP contribution in [0.5, 0.6) is 0 Å². The Morgan fingerprint density at radius 3 is 2.17 bits per heavy atom. The van der Waals surface area contributed by atoms with Crippen molar-refractivity contribution in [3.8, 4) is 0 Å². The van der Waals surface area contributed by atoms with Crippen molar-refractivity contribution in [3.05, 3.63) is 23.9 Å². The van der Waals surface area contributed by atoms with Crippen molar-refractivity contribution in [2.75, 3.05) is 14.1 Å². The van der Waals surface area contributed by atoms with Crippen molar-refractivity contribution in [2.24, 2.45) is 0 Å². The molecule has 0 aromatic carbocycles. The summed E-state index contributed by atoms with van der Waals surface area (Å²) in [7, 11) is 3.22. The number of rotatable bonds is 2. The van der Waals surface area contributed by atoms with Crippen molar-refractivity contribution in [1.82, 2.24) is 4.90 Å². The van der Waals surface area contributed by atoms with Gasteiger partial charge in [0.25, 0.3) is 0 Å². The van der Waals surface area contributed by atoms with Gasteiger partial charge in [-0.3, -0.25) is 0 Å². The normalized spacial score (nSPS) is 22.8. The van der Waals surface area contributed by atoms with E-state index in [-0.39, 0.29) is 0 Å². The Bertz CT molecular complexity index is 220. The first-order chi connectivity index (χ1) is 5.43. The molecular formula is C10H19NSi. The van der Waals surface area contributed by atoms with Crippen LogP contribution < -0.4 is 0 Å². The van der Waals surface area contributed by atoms with Crippen LogP contribution in [0.15, 0.2) is 23.9 Å². The fourth-order valence-corrected chi connectivity index (χ4v) is 3.56. The number of hydrogen-bond acceptors (Lipinski definition) is 1. The van der Waals surface area contributed by atoms with E-state index in [1.165, 1.54) is 5.70 Å². The average molecular weight is 181 g/mol. The first-order valence-electron chi connectivity index (χ1n) is 4.48. The SMILES string of the molecule is CN(C)C1=CC=CC1[Si](C)(C)C. The molecule has 12 heavy (non-hydrogen) atoms. The summed E-state index contributed by atoms with van der Waals surface area (Å²) < 4.78 is 0. The molecule has 1 aliphatic carbocycles. The molecule has 1 unspecified atom stereocenters. The standard InChI is InChI=1S/C10H19NSi/c1-11(2)9-7-6-8-10(9)12(3,4)5/h6-8,10H,1-5H3. The zero-order chi connectivity index (χ0) is 9.35. The fourth-order valence-electron chi connectivity index (χ4n) is 1.63. The molecule has 0 saturated carbocycles. The molecule has 0 radical (unpaired) electrons. The van der Waals surface area contributed by atoms with Gasteiger partial charge in [0.15, 0.2) is 0 Å². The molecular weight excluding hydrogens is 162 g/mol. The summed E-state index contributed by atoms with van der Waals surface area (Å²) in [4.78, 5) is 2.24. The summed E-state index contributed by atoms with van der Waals surface area (Å²) in [6.07, 6.45) is 6.78. The van der Waals surface area contributed by atoms with Gasteiger partial charge in [0.05, 0.1) is 8.07 Å². The molecule has 0 heterocycles. The van der Waals surface area contributed by atoms with Crippen molar-refractivity contribution in [1.29, 1.82) is 0 Å². The van der Waals surface area contributed by atoms with Gasteiger partial charge >= 0.3 is 0 Å². The first-order valence-corrected chi connectivity index (χ1v) is 8.06. The molecule has 1 atom stereocenters. The minimum Gasteiger partial charge on any atom is -0.381 e. The van der Waals surface area contributed by atoms with E-state index in [0.29, 0.717) is 5.54 Å². The van der Waals surface area contributed by atoms with E-state index in [9.17, 15) is 0 Å². The van der Waals surface area contributed by atoms with Crippen molar-refractivity contribution >= 4 is 8.07 Å². The summed E-state index contributed by atoms with van der Waals surface area (Å²) >= 11 is 0. The third-order valence-corrected chi connectivity index (χ3v) is 4.69. The minimum absolute atomic E-state index is 0.715. The average Bonchev–Trinajstić information content (AvgIpc) is 2.30. The van der Waals surface area contributed by atoms with Crippen LogP contribution in [0.2, 0.25) is 25.2 Å². The van der Waals surface area contributed by atoms with Gasteiger partial charge in [0, 0.05) is 25.3 Å². The highest BCUT2D eigenvalue weighted by atomic mass is 28.3. The Labute approximate surface area is 76.8 Å². The van der Waals surface area contributed by atoms with Crippen LogP contribution in [0.4, 0.5) is 0 Å². The lowest BCUT2D eigenvalue weighted by Gasteiger charge is -2.30. The van der Waals surface area contributed by atoms with Gasteiger partial charge in [-0.2, -0.15) is 0 Å². The molecule has 2 heteroatoms. The summed E-state index contributed by atoms with van der Waals surface area (Å²) in [6.45, 7) is 7.26. The first kappa shape index (κ1) is 9.58. The van der Waals surface area contributed by atoms with Crippen LogP contribution in [0, 0.1) is 0 Å². The minimum atomic E-state index is -1.05. The summed E-state index contributed by atoms with van der Waals surface area (Å²) in [5.41, 5.74) is 2.20. The predicted octanol–water partition coefficient (Wildman–Crippen LogP) is 2.71. The van der Waals surface area contributed by atoms with Gasteiger partial charge < -0.3 is 4.90 Å². The molecule has 1 nitrogen and oxygen atoms in total. The molecule has 0 aliphatic heterocycles. The van der Waals surface area contributed by atoms with Gasteiger partial charge in [0.1, 0.15) is 0 Å². The van der Waals surface area contributed by atoms with E-state index in [2.05, 4.69) is 56.9 Å². The van der Waals surface area contributed by atoms with E-state index in [0.717, 1.165) is 0 Å². The third-order valence-electron chi connectivity index (χ3n) is 2.34. The maximum atomic E-state index is 2.42. The van der Waals surface area contributed by atoms with Crippen molar-refractivity contribution < 1.29 is 0 Å². The highest BCUT2D eigenvalue weighted by Gasteiger charge is 2.30. The lowest BCUT2D eigenvalue weighted by Crippen LogP contribution is -2.31. The van der Waals surface area contributed by atoms with E-state index in [1.54, 1.807) is 0 Å². The van der Waals surface area contributed by atoms with E-state index < -0.39 is 8.07 Å². The van der Waals surface area contributed by atoms with Crippen molar-refractivity contribution in [2.45, 2.75) is 25.2 Å². The molecule has 0 amide bonds. The Hall–Kier alpha value is -0.503. The second-order valence-corrected chi connectivity index (χ2v) is 10.1. The Morgan fingerprint density at radius 2 is 1.83 bits per heavy atom. The monoisotopic (exact) mass is 181 g/mol. The highest BCUT2D eigenvalue weighted by Crippen LogP contribution is 2.35. The summed E-state index contributed by atoms with van der Waals surface area (Å²) in [6, 6.07) is 0. The number of hydrogen-bond donors (Lipinski definition) is 0. The zero-order valence-electron chi connectivity index (χ0n) is 8.76. The summed E-state index contributed by atoms with van der Waals surface area (Å²) in [5, 5.41) is 0. The lowest BCUT2D eigenvalue weighted by atomic mass is 10.3. The van der Waals surface area contributed by atoms with Crippen LogP contribution in [-0.2, 0) is 0 Å². The van der Waals surface area contributed by atoms with Crippen LogP contribution in [0.25, 0.3) is 0 Å². The fraction of sp³-hybridized carbons (Fsp3) is 0.600. The van der Waals surface area contributed by atoms with Gasteiger partial charge in [-0.15, -0.1) is 0 Å². The van der Waals surface area contributed by atoms with Crippen molar-refractivity contribution in [3.63, 3.8) is 0 Å². The van der Waals surface area contributed by atoms with Gasteiger partial charge in [-0.05, 0) is 6.08 Å². The molecule has 0 bridgehead atoms. The lowest BCUT2D eigenvalue weighted by molar-refractivity contribution is 0.501. The highest BCUT2D eigenvalue weighted by molar-refractivity contribution is 6.78. The maximum absolute atomic E-state index is 2.42. The second kappa shape index (κ2) is 3.09. The van der Waals surface area contributed by atoms with Crippen LogP contribution >= 0.6 is 0 Å². The smallest absolute Gasteiger partial charge is 0.0584 e.